The molecule has 2 fully saturated rings. The molecule has 3 heteroatoms. The molecule has 1 saturated carbocycles. The minimum absolute atomic E-state index is 0.0998. The second-order valence-corrected chi connectivity index (χ2v) is 5.06. The fourth-order valence-electron chi connectivity index (χ4n) is 2.84. The highest BCUT2D eigenvalue weighted by Crippen LogP contribution is 2.46. The summed E-state index contributed by atoms with van der Waals surface area (Å²) in [5, 5.41) is 9.16. The van der Waals surface area contributed by atoms with Crippen LogP contribution in [0.5, 0.6) is 0 Å². The second kappa shape index (κ2) is 3.84. The van der Waals surface area contributed by atoms with Gasteiger partial charge in [0.1, 0.15) is 5.41 Å². The summed E-state index contributed by atoms with van der Waals surface area (Å²) < 4.78 is 0. The van der Waals surface area contributed by atoms with Crippen LogP contribution in [0, 0.1) is 22.7 Å². The number of nitriles is 1. The molecule has 0 atom stereocenters. The lowest BCUT2D eigenvalue weighted by atomic mass is 9.62. The van der Waals surface area contributed by atoms with E-state index in [1.807, 2.05) is 4.90 Å². The second-order valence-electron chi connectivity index (χ2n) is 5.06. The largest absolute Gasteiger partial charge is 0.341 e. The molecule has 1 aliphatic heterocycles. The monoisotopic (exact) mass is 206 g/mol. The molecule has 3 nitrogen and oxygen atoms in total. The summed E-state index contributed by atoms with van der Waals surface area (Å²) in [6.07, 6.45) is 4.95. The smallest absolute Gasteiger partial charge is 0.243 e. The lowest BCUT2D eigenvalue weighted by molar-refractivity contribution is -0.146. The summed E-state index contributed by atoms with van der Waals surface area (Å²) in [5.74, 6) is 0.640. The van der Waals surface area contributed by atoms with Gasteiger partial charge in [-0.05, 0) is 38.0 Å². The third-order valence-corrected chi connectivity index (χ3v) is 3.66. The number of carbonyl (C=O) groups excluding carboxylic acids is 1. The molecule has 1 amide bonds. The van der Waals surface area contributed by atoms with Crippen molar-refractivity contribution in [3.63, 3.8) is 0 Å². The summed E-state index contributed by atoms with van der Waals surface area (Å²) in [6, 6.07) is 2.25. The van der Waals surface area contributed by atoms with Crippen molar-refractivity contribution in [1.82, 2.24) is 4.90 Å². The number of hydrogen-bond acceptors (Lipinski definition) is 2. The van der Waals surface area contributed by atoms with Crippen LogP contribution in [0.15, 0.2) is 0 Å². The van der Waals surface area contributed by atoms with Crippen molar-refractivity contribution in [3.05, 3.63) is 0 Å². The van der Waals surface area contributed by atoms with E-state index in [-0.39, 0.29) is 5.91 Å². The maximum absolute atomic E-state index is 12.2. The van der Waals surface area contributed by atoms with Crippen LogP contribution >= 0.6 is 0 Å². The molecule has 0 bridgehead atoms. The number of nitrogens with zero attached hydrogens (tertiary/aromatic N) is 2. The first-order valence-corrected chi connectivity index (χ1v) is 5.88. The average Bonchev–Trinajstić information content (AvgIpc) is 2.25. The molecule has 1 aliphatic carbocycles. The number of amides is 1. The molecule has 0 aromatic rings. The van der Waals surface area contributed by atoms with Crippen LogP contribution in [-0.2, 0) is 4.79 Å². The van der Waals surface area contributed by atoms with Crippen molar-refractivity contribution in [2.75, 3.05) is 13.1 Å². The normalized spacial score (nSPS) is 35.5. The number of hydrogen-bond donors (Lipinski definition) is 0. The Morgan fingerprint density at radius 3 is 2.40 bits per heavy atom. The third-order valence-electron chi connectivity index (χ3n) is 3.66. The summed E-state index contributed by atoms with van der Waals surface area (Å²) >= 11 is 0. The Balaban J connectivity index is 2.03. The SMILES string of the molecule is CC1CC(C#N)(C(=O)N2CCCCC2)C1. The van der Waals surface area contributed by atoms with Crippen LogP contribution < -0.4 is 0 Å². The highest BCUT2D eigenvalue weighted by atomic mass is 16.2. The number of piperidine rings is 1. The summed E-state index contributed by atoms with van der Waals surface area (Å²) in [4.78, 5) is 14.1. The molecule has 1 saturated heterocycles. The van der Waals surface area contributed by atoms with Gasteiger partial charge in [-0.3, -0.25) is 4.79 Å². The van der Waals surface area contributed by atoms with Crippen LogP contribution in [0.2, 0.25) is 0 Å². The van der Waals surface area contributed by atoms with Gasteiger partial charge in [-0.15, -0.1) is 0 Å². The van der Waals surface area contributed by atoms with Gasteiger partial charge in [0, 0.05) is 13.1 Å². The highest BCUT2D eigenvalue weighted by molar-refractivity contribution is 5.86. The zero-order chi connectivity index (χ0) is 10.9. The summed E-state index contributed by atoms with van der Waals surface area (Å²) in [7, 11) is 0. The predicted molar refractivity (Wildman–Crippen MR) is 56.9 cm³/mol. The Kier molecular flexibility index (Phi) is 2.68. The van der Waals surface area contributed by atoms with E-state index in [9.17, 15) is 4.79 Å². The van der Waals surface area contributed by atoms with Crippen molar-refractivity contribution in [3.8, 4) is 6.07 Å². The lowest BCUT2D eigenvalue weighted by Crippen LogP contribution is -2.51. The Bertz CT molecular complexity index is 293. The highest BCUT2D eigenvalue weighted by Gasteiger charge is 2.50. The molecular weight excluding hydrogens is 188 g/mol. The minimum Gasteiger partial charge on any atom is -0.341 e. The fourth-order valence-corrected chi connectivity index (χ4v) is 2.84. The van der Waals surface area contributed by atoms with Gasteiger partial charge in [0.15, 0.2) is 0 Å². The molecule has 0 unspecified atom stereocenters. The van der Waals surface area contributed by atoms with Crippen LogP contribution in [0.3, 0.4) is 0 Å². The van der Waals surface area contributed by atoms with Crippen LogP contribution in [0.25, 0.3) is 0 Å². The molecule has 0 aromatic carbocycles. The first-order chi connectivity index (χ1) is 7.18. The van der Waals surface area contributed by atoms with E-state index in [0.29, 0.717) is 5.92 Å². The molecular formula is C12H18N2O. The van der Waals surface area contributed by atoms with Gasteiger partial charge in [0.05, 0.1) is 6.07 Å². The Labute approximate surface area is 91.1 Å². The van der Waals surface area contributed by atoms with Crippen molar-refractivity contribution in [2.45, 2.75) is 39.0 Å². The Morgan fingerprint density at radius 1 is 1.33 bits per heavy atom. The topological polar surface area (TPSA) is 44.1 Å². The maximum Gasteiger partial charge on any atom is 0.243 e. The molecule has 0 spiro atoms. The molecule has 0 N–H and O–H groups in total. The zero-order valence-electron chi connectivity index (χ0n) is 9.33. The predicted octanol–water partition coefficient (Wildman–Crippen LogP) is 1.94. The van der Waals surface area contributed by atoms with E-state index in [0.717, 1.165) is 38.8 Å². The number of rotatable bonds is 1. The zero-order valence-corrected chi connectivity index (χ0v) is 9.33. The molecule has 82 valence electrons. The molecule has 2 rings (SSSR count). The van der Waals surface area contributed by atoms with E-state index < -0.39 is 5.41 Å². The molecule has 2 aliphatic rings. The lowest BCUT2D eigenvalue weighted by Gasteiger charge is -2.43. The van der Waals surface area contributed by atoms with Gasteiger partial charge in [0.2, 0.25) is 5.91 Å². The van der Waals surface area contributed by atoms with Crippen molar-refractivity contribution < 1.29 is 4.79 Å². The van der Waals surface area contributed by atoms with E-state index in [2.05, 4.69) is 13.0 Å². The average molecular weight is 206 g/mol. The van der Waals surface area contributed by atoms with Crippen molar-refractivity contribution in [1.29, 1.82) is 5.26 Å². The summed E-state index contributed by atoms with van der Waals surface area (Å²) in [5.41, 5.74) is -0.656. The number of carbonyl (C=O) groups is 1. The first-order valence-electron chi connectivity index (χ1n) is 5.88. The number of likely N-dealkylation sites (tertiary alicyclic amines) is 1. The van der Waals surface area contributed by atoms with Gasteiger partial charge < -0.3 is 4.90 Å². The van der Waals surface area contributed by atoms with Gasteiger partial charge >= 0.3 is 0 Å². The van der Waals surface area contributed by atoms with Crippen LogP contribution in [0.1, 0.15) is 39.0 Å². The Morgan fingerprint density at radius 2 is 1.93 bits per heavy atom. The van der Waals surface area contributed by atoms with E-state index >= 15 is 0 Å². The van der Waals surface area contributed by atoms with Gasteiger partial charge in [-0.25, -0.2) is 0 Å². The summed E-state index contributed by atoms with van der Waals surface area (Å²) in [6.45, 7) is 3.83. The van der Waals surface area contributed by atoms with Crippen LogP contribution in [-0.4, -0.2) is 23.9 Å². The Hall–Kier alpha value is -1.04. The fraction of sp³-hybridized carbons (Fsp3) is 0.833. The minimum atomic E-state index is -0.656. The van der Waals surface area contributed by atoms with Crippen molar-refractivity contribution >= 4 is 5.91 Å². The molecule has 1 heterocycles. The molecule has 0 radical (unpaired) electrons. The van der Waals surface area contributed by atoms with Gasteiger partial charge in [0.25, 0.3) is 0 Å². The third kappa shape index (κ3) is 1.73. The van der Waals surface area contributed by atoms with Crippen LogP contribution in [0.4, 0.5) is 0 Å². The quantitative estimate of drug-likeness (QED) is 0.658. The van der Waals surface area contributed by atoms with Crippen molar-refractivity contribution in [2.24, 2.45) is 11.3 Å². The maximum atomic E-state index is 12.2. The molecule has 0 aromatic heterocycles. The molecule has 15 heavy (non-hydrogen) atoms. The van der Waals surface area contributed by atoms with Gasteiger partial charge in [-0.2, -0.15) is 5.26 Å². The van der Waals surface area contributed by atoms with Gasteiger partial charge in [-0.1, -0.05) is 6.92 Å². The standard InChI is InChI=1S/C12H18N2O/c1-10-7-12(8-10,9-13)11(15)14-5-3-2-4-6-14/h10H,2-8H2,1H3. The van der Waals surface area contributed by atoms with E-state index in [4.69, 9.17) is 5.26 Å². The van der Waals surface area contributed by atoms with E-state index in [1.54, 1.807) is 0 Å². The first kappa shape index (κ1) is 10.5. The van der Waals surface area contributed by atoms with E-state index in [1.165, 1.54) is 6.42 Å².